The van der Waals surface area contributed by atoms with Gasteiger partial charge in [0.1, 0.15) is 11.7 Å². The summed E-state index contributed by atoms with van der Waals surface area (Å²) >= 11 is 0. The molecule has 2 saturated heterocycles. The highest BCUT2D eigenvalue weighted by Gasteiger charge is 2.52. The zero-order valence-corrected chi connectivity index (χ0v) is 14.7. The molecule has 1 aromatic rings. The topological polar surface area (TPSA) is 76.1 Å². The van der Waals surface area contributed by atoms with Crippen LogP contribution in [0.15, 0.2) is 18.2 Å². The van der Waals surface area contributed by atoms with Crippen LogP contribution in [0.5, 0.6) is 0 Å². The van der Waals surface area contributed by atoms with Gasteiger partial charge in [0.05, 0.1) is 0 Å². The molecule has 0 saturated carbocycles. The van der Waals surface area contributed by atoms with E-state index in [9.17, 15) is 14.7 Å². The number of nitrogens with zero attached hydrogens (tertiary/aromatic N) is 1. The van der Waals surface area contributed by atoms with Crippen molar-refractivity contribution in [2.75, 3.05) is 6.54 Å². The monoisotopic (exact) mass is 345 g/mol. The maximum atomic E-state index is 13.1. The maximum absolute atomic E-state index is 13.1. The Bertz CT molecular complexity index is 758. The van der Waals surface area contributed by atoms with Gasteiger partial charge in [-0.2, -0.15) is 0 Å². The number of rotatable bonds is 0. The Labute approximate surface area is 146 Å². The second-order valence-corrected chi connectivity index (χ2v) is 7.75. The summed E-state index contributed by atoms with van der Waals surface area (Å²) in [7, 11) is 0. The molecule has 1 unspecified atom stereocenters. The molecular weight excluding hydrogens is 322 g/mol. The van der Waals surface area contributed by atoms with Gasteiger partial charge < -0.3 is 19.5 Å². The fourth-order valence-electron chi connectivity index (χ4n) is 4.13. The molecule has 2 fully saturated rings. The first kappa shape index (κ1) is 16.7. The van der Waals surface area contributed by atoms with Gasteiger partial charge in [0.25, 0.3) is 5.91 Å². The van der Waals surface area contributed by atoms with Gasteiger partial charge >= 0.3 is 0 Å². The Morgan fingerprint density at radius 2 is 2.00 bits per heavy atom. The van der Waals surface area contributed by atoms with E-state index in [0.29, 0.717) is 18.7 Å². The molecule has 3 aliphatic rings. The first-order chi connectivity index (χ1) is 11.7. The lowest BCUT2D eigenvalue weighted by Gasteiger charge is -2.29. The van der Waals surface area contributed by atoms with Crippen molar-refractivity contribution in [1.29, 1.82) is 0 Å². The summed E-state index contributed by atoms with van der Waals surface area (Å²) in [6, 6.07) is 5.68. The number of aliphatic hydroxyl groups is 1. The van der Waals surface area contributed by atoms with E-state index < -0.39 is 23.6 Å². The van der Waals surface area contributed by atoms with E-state index in [1.807, 2.05) is 25.1 Å². The fourth-order valence-corrected chi connectivity index (χ4v) is 4.13. The van der Waals surface area contributed by atoms with Crippen molar-refractivity contribution in [3.05, 3.63) is 34.9 Å². The van der Waals surface area contributed by atoms with Crippen molar-refractivity contribution in [3.8, 4) is 0 Å². The lowest BCUT2D eigenvalue weighted by molar-refractivity contribution is -0.164. The Morgan fingerprint density at radius 1 is 1.24 bits per heavy atom. The quantitative estimate of drug-likeness (QED) is 0.769. The molecule has 2 bridgehead atoms. The Morgan fingerprint density at radius 3 is 2.76 bits per heavy atom. The zero-order valence-electron chi connectivity index (χ0n) is 14.7. The molecule has 0 aromatic heterocycles. The average molecular weight is 345 g/mol. The highest BCUT2D eigenvalue weighted by molar-refractivity contribution is 5.92. The third kappa shape index (κ3) is 2.60. The summed E-state index contributed by atoms with van der Waals surface area (Å²) in [5.41, 5.74) is 0.802. The van der Waals surface area contributed by atoms with Gasteiger partial charge in [-0.25, -0.2) is 0 Å². The van der Waals surface area contributed by atoms with Gasteiger partial charge in [-0.3, -0.25) is 9.59 Å². The second-order valence-electron chi connectivity index (χ2n) is 7.75. The van der Waals surface area contributed by atoms with Crippen molar-refractivity contribution in [3.63, 3.8) is 0 Å². The Kier molecular flexibility index (Phi) is 3.58. The van der Waals surface area contributed by atoms with Crippen LogP contribution in [0.1, 0.15) is 43.4 Å². The van der Waals surface area contributed by atoms with E-state index in [0.717, 1.165) is 11.1 Å². The van der Waals surface area contributed by atoms with Crippen LogP contribution in [0.2, 0.25) is 0 Å². The van der Waals surface area contributed by atoms with E-state index in [-0.39, 0.29) is 24.5 Å². The number of Topliss-reactive ketones (excluding diaryl/α,β-unsaturated/α-hetero) is 1. The van der Waals surface area contributed by atoms with Crippen molar-refractivity contribution in [2.45, 2.75) is 63.8 Å². The van der Waals surface area contributed by atoms with Crippen LogP contribution in [0.4, 0.5) is 0 Å². The molecule has 1 N–H and O–H groups in total. The summed E-state index contributed by atoms with van der Waals surface area (Å²) in [5, 5.41) is 11.3. The van der Waals surface area contributed by atoms with E-state index in [4.69, 9.17) is 9.47 Å². The van der Waals surface area contributed by atoms with Gasteiger partial charge in [-0.1, -0.05) is 23.8 Å². The molecule has 25 heavy (non-hydrogen) atoms. The number of amides is 1. The predicted molar refractivity (Wildman–Crippen MR) is 88.6 cm³/mol. The molecule has 3 atom stereocenters. The summed E-state index contributed by atoms with van der Waals surface area (Å²) in [4.78, 5) is 27.8. The lowest BCUT2D eigenvalue weighted by Crippen LogP contribution is -2.44. The third-order valence-corrected chi connectivity index (χ3v) is 5.40. The molecule has 1 aromatic carbocycles. The van der Waals surface area contributed by atoms with E-state index in [2.05, 4.69) is 0 Å². The molecule has 4 rings (SSSR count). The number of carbonyl (C=O) groups is 2. The SMILES string of the molecule is Cc1ccc2c(c1)C1(O)CCN(C2)C(=O)[C@H]2OC(C)(C)O[C@@H]2CC1=O. The molecule has 3 heterocycles. The molecule has 0 spiro atoms. The Balaban J connectivity index is 1.85. The van der Waals surface area contributed by atoms with Crippen molar-refractivity contribution >= 4 is 11.7 Å². The van der Waals surface area contributed by atoms with Crippen LogP contribution in [-0.4, -0.2) is 46.2 Å². The first-order valence-corrected chi connectivity index (χ1v) is 8.70. The normalized spacial score (nSPS) is 34.0. The minimum atomic E-state index is -1.60. The van der Waals surface area contributed by atoms with Crippen molar-refractivity contribution in [2.24, 2.45) is 0 Å². The summed E-state index contributed by atoms with van der Waals surface area (Å²) < 4.78 is 11.6. The van der Waals surface area contributed by atoms with Crippen molar-refractivity contribution in [1.82, 2.24) is 4.90 Å². The molecule has 6 nitrogen and oxygen atoms in total. The second kappa shape index (κ2) is 5.37. The van der Waals surface area contributed by atoms with Crippen LogP contribution < -0.4 is 0 Å². The molecule has 134 valence electrons. The van der Waals surface area contributed by atoms with Gasteiger partial charge in [0.15, 0.2) is 17.7 Å². The number of hydrogen-bond donors (Lipinski definition) is 1. The van der Waals surface area contributed by atoms with Crippen LogP contribution in [0.25, 0.3) is 0 Å². The number of fused-ring (bicyclic) bond motifs is 6. The van der Waals surface area contributed by atoms with Crippen LogP contribution in [-0.2, 0) is 31.2 Å². The van der Waals surface area contributed by atoms with Crippen LogP contribution in [0, 0.1) is 6.92 Å². The molecule has 6 heteroatoms. The van der Waals surface area contributed by atoms with Crippen LogP contribution in [0.3, 0.4) is 0 Å². The lowest BCUT2D eigenvalue weighted by atomic mass is 9.81. The number of ketones is 1. The summed E-state index contributed by atoms with van der Waals surface area (Å²) in [6.45, 7) is 6.06. The Hall–Kier alpha value is -1.76. The number of ether oxygens (including phenoxy) is 2. The summed E-state index contributed by atoms with van der Waals surface area (Å²) in [5.74, 6) is -1.42. The van der Waals surface area contributed by atoms with E-state index >= 15 is 0 Å². The standard InChI is InChI=1S/C19H23NO5/c1-11-4-5-12-10-20-7-6-19(23,13(12)8-11)15(21)9-14-16(17(20)22)25-18(2,3)24-14/h4-5,8,14,16,23H,6-7,9-10H2,1-3H3/t14-,16+,19?/m1/s1. The van der Waals surface area contributed by atoms with Crippen molar-refractivity contribution < 1.29 is 24.2 Å². The highest BCUT2D eigenvalue weighted by Crippen LogP contribution is 2.40. The van der Waals surface area contributed by atoms with Gasteiger partial charge in [-0.05, 0) is 31.9 Å². The molecule has 3 aliphatic heterocycles. The number of hydrogen-bond acceptors (Lipinski definition) is 5. The summed E-state index contributed by atoms with van der Waals surface area (Å²) in [6.07, 6.45) is -1.34. The predicted octanol–water partition coefficient (Wildman–Crippen LogP) is 1.41. The molecule has 0 radical (unpaired) electrons. The third-order valence-electron chi connectivity index (χ3n) is 5.40. The molecule has 0 aliphatic carbocycles. The van der Waals surface area contributed by atoms with E-state index in [1.165, 1.54) is 0 Å². The fraction of sp³-hybridized carbons (Fsp3) is 0.579. The van der Waals surface area contributed by atoms with Gasteiger partial charge in [0.2, 0.25) is 0 Å². The number of carbonyl (C=O) groups excluding carboxylic acids is 2. The van der Waals surface area contributed by atoms with Gasteiger partial charge in [-0.15, -0.1) is 0 Å². The smallest absolute Gasteiger partial charge is 0.254 e. The minimum Gasteiger partial charge on any atom is -0.377 e. The highest BCUT2D eigenvalue weighted by atomic mass is 16.8. The molecular formula is C19H23NO5. The maximum Gasteiger partial charge on any atom is 0.254 e. The number of aryl methyl sites for hydroxylation is 1. The minimum absolute atomic E-state index is 0.0441. The van der Waals surface area contributed by atoms with E-state index in [1.54, 1.807) is 18.7 Å². The molecule has 1 amide bonds. The average Bonchev–Trinajstić information content (AvgIpc) is 2.77. The first-order valence-electron chi connectivity index (χ1n) is 8.70. The largest absolute Gasteiger partial charge is 0.377 e. The number of benzene rings is 1. The van der Waals surface area contributed by atoms with Crippen LogP contribution >= 0.6 is 0 Å². The van der Waals surface area contributed by atoms with Gasteiger partial charge in [0, 0.05) is 25.9 Å². The zero-order chi connectivity index (χ0) is 18.0.